The number of amides is 1. The third-order valence-electron chi connectivity index (χ3n) is 2.62. The highest BCUT2D eigenvalue weighted by atomic mass is 16.5. The normalized spacial score (nSPS) is 10.2. The Labute approximate surface area is 110 Å². The minimum absolute atomic E-state index is 0.269. The van der Waals surface area contributed by atoms with Gasteiger partial charge in [-0.2, -0.15) is 5.10 Å². The van der Waals surface area contributed by atoms with E-state index in [1.807, 2.05) is 0 Å². The second-order valence-corrected chi connectivity index (χ2v) is 3.86. The first kappa shape index (κ1) is 12.9. The Kier molecular flexibility index (Phi) is 3.97. The highest BCUT2D eigenvalue weighted by Gasteiger charge is 2.15. The molecule has 0 fully saturated rings. The quantitative estimate of drug-likeness (QED) is 0.674. The molecule has 100 valence electrons. The van der Waals surface area contributed by atoms with Gasteiger partial charge >= 0.3 is 0 Å². The first-order valence-electron chi connectivity index (χ1n) is 5.77. The number of benzene rings is 1. The summed E-state index contributed by atoms with van der Waals surface area (Å²) in [5.41, 5.74) is 6.53. The van der Waals surface area contributed by atoms with Crippen molar-refractivity contribution in [1.82, 2.24) is 20.5 Å². The van der Waals surface area contributed by atoms with Gasteiger partial charge in [0.2, 0.25) is 0 Å². The number of methoxy groups -OCH3 is 1. The summed E-state index contributed by atoms with van der Waals surface area (Å²) in [6.45, 7) is 0.436. The van der Waals surface area contributed by atoms with E-state index in [-0.39, 0.29) is 5.91 Å². The Balaban J connectivity index is 2.00. The average molecular weight is 261 g/mol. The van der Waals surface area contributed by atoms with Crippen molar-refractivity contribution in [2.24, 2.45) is 0 Å². The number of rotatable bonds is 5. The van der Waals surface area contributed by atoms with Gasteiger partial charge in [-0.05, 0) is 12.1 Å². The van der Waals surface area contributed by atoms with Crippen molar-refractivity contribution in [1.29, 1.82) is 0 Å². The minimum Gasteiger partial charge on any atom is -0.496 e. The lowest BCUT2D eigenvalue weighted by Crippen LogP contribution is -2.27. The monoisotopic (exact) mass is 261 g/mol. The lowest BCUT2D eigenvalue weighted by Gasteiger charge is -2.11. The molecule has 0 saturated carbocycles. The zero-order chi connectivity index (χ0) is 13.7. The van der Waals surface area contributed by atoms with E-state index >= 15 is 0 Å². The number of hydrogen-bond acceptors (Lipinski definition) is 5. The van der Waals surface area contributed by atoms with E-state index in [9.17, 15) is 4.79 Å². The Morgan fingerprint density at radius 1 is 1.53 bits per heavy atom. The lowest BCUT2D eigenvalue weighted by atomic mass is 10.1. The number of ether oxygens (including phenoxy) is 1. The molecule has 0 unspecified atom stereocenters. The number of H-pyrrole nitrogens is 1. The molecular weight excluding hydrogens is 246 g/mol. The van der Waals surface area contributed by atoms with Crippen molar-refractivity contribution in [3.63, 3.8) is 0 Å². The number of nitrogens with zero attached hydrogens (tertiary/aromatic N) is 2. The van der Waals surface area contributed by atoms with Crippen LogP contribution in [0.25, 0.3) is 0 Å². The number of aromatic amines is 1. The summed E-state index contributed by atoms with van der Waals surface area (Å²) in [5, 5.41) is 9.22. The molecule has 1 aromatic carbocycles. The smallest absolute Gasteiger partial charge is 0.257 e. The van der Waals surface area contributed by atoms with Crippen LogP contribution in [0.3, 0.4) is 0 Å². The molecule has 0 radical (unpaired) electrons. The van der Waals surface area contributed by atoms with E-state index in [4.69, 9.17) is 10.5 Å². The highest BCUT2D eigenvalue weighted by Crippen LogP contribution is 2.23. The molecule has 1 amide bonds. The van der Waals surface area contributed by atoms with Gasteiger partial charge in [0.15, 0.2) is 0 Å². The topological polar surface area (TPSA) is 106 Å². The fourth-order valence-corrected chi connectivity index (χ4v) is 1.70. The van der Waals surface area contributed by atoms with E-state index in [0.717, 1.165) is 0 Å². The molecule has 7 heteroatoms. The number of nitrogens with two attached hydrogens (primary N) is 1. The first-order valence-corrected chi connectivity index (χ1v) is 5.77. The number of carbonyl (C=O) groups is 1. The maximum atomic E-state index is 12.1. The van der Waals surface area contributed by atoms with Crippen LogP contribution in [0.5, 0.6) is 5.75 Å². The number of nitrogen functional groups attached to an aromatic ring is 1. The fraction of sp³-hybridized carbons (Fsp3) is 0.250. The Bertz CT molecular complexity index is 553. The van der Waals surface area contributed by atoms with Gasteiger partial charge in [0.25, 0.3) is 5.91 Å². The molecule has 7 nitrogen and oxygen atoms in total. The van der Waals surface area contributed by atoms with Crippen molar-refractivity contribution in [2.75, 3.05) is 19.4 Å². The predicted molar refractivity (Wildman–Crippen MR) is 69.8 cm³/mol. The van der Waals surface area contributed by atoms with E-state index in [0.29, 0.717) is 35.8 Å². The van der Waals surface area contributed by atoms with Crippen LogP contribution >= 0.6 is 0 Å². The van der Waals surface area contributed by atoms with E-state index < -0.39 is 0 Å². The molecule has 2 rings (SSSR count). The molecule has 1 heterocycles. The molecule has 0 aliphatic carbocycles. The summed E-state index contributed by atoms with van der Waals surface area (Å²) < 4.78 is 5.13. The molecule has 0 saturated heterocycles. The summed E-state index contributed by atoms with van der Waals surface area (Å²) >= 11 is 0. The molecule has 0 aliphatic rings. The van der Waals surface area contributed by atoms with E-state index in [1.165, 1.54) is 13.4 Å². The van der Waals surface area contributed by atoms with Gasteiger partial charge in [-0.15, -0.1) is 0 Å². The number of aromatic nitrogens is 3. The molecule has 0 aliphatic heterocycles. The van der Waals surface area contributed by atoms with Gasteiger partial charge in [-0.1, -0.05) is 6.07 Å². The van der Waals surface area contributed by atoms with Gasteiger partial charge in [0.05, 0.1) is 7.11 Å². The highest BCUT2D eigenvalue weighted by molar-refractivity contribution is 6.01. The minimum atomic E-state index is -0.269. The number of anilines is 1. The van der Waals surface area contributed by atoms with Crippen LogP contribution < -0.4 is 15.8 Å². The maximum Gasteiger partial charge on any atom is 0.257 e. The zero-order valence-corrected chi connectivity index (χ0v) is 10.5. The van der Waals surface area contributed by atoms with E-state index in [1.54, 1.807) is 18.2 Å². The summed E-state index contributed by atoms with van der Waals surface area (Å²) in [5.74, 6) is 0.903. The molecule has 0 atom stereocenters. The van der Waals surface area contributed by atoms with E-state index in [2.05, 4.69) is 20.5 Å². The molecule has 1 aromatic heterocycles. The van der Waals surface area contributed by atoms with Crippen LogP contribution in [0.4, 0.5) is 5.69 Å². The molecule has 19 heavy (non-hydrogen) atoms. The fourth-order valence-electron chi connectivity index (χ4n) is 1.70. The largest absolute Gasteiger partial charge is 0.496 e. The van der Waals surface area contributed by atoms with Crippen LogP contribution in [-0.2, 0) is 6.42 Å². The lowest BCUT2D eigenvalue weighted by molar-refractivity contribution is 0.0952. The second kappa shape index (κ2) is 5.85. The summed E-state index contributed by atoms with van der Waals surface area (Å²) in [4.78, 5) is 16.0. The Hall–Kier alpha value is -2.57. The predicted octanol–water partition coefficient (Wildman–Crippen LogP) is 0.368. The standard InChI is InChI=1S/C12H15N5O2/c1-19-9-4-2-3-8(13)11(9)12(18)14-6-5-10-15-7-16-17-10/h2-4,7H,5-6,13H2,1H3,(H,14,18)(H,15,16,17). The molecule has 2 aromatic rings. The van der Waals surface area contributed by atoms with Crippen molar-refractivity contribution in [3.05, 3.63) is 35.9 Å². The van der Waals surface area contributed by atoms with Crippen molar-refractivity contribution < 1.29 is 9.53 Å². The van der Waals surface area contributed by atoms with Gasteiger partial charge in [0.1, 0.15) is 23.5 Å². The third-order valence-corrected chi connectivity index (χ3v) is 2.62. The van der Waals surface area contributed by atoms with Crippen LogP contribution in [0.2, 0.25) is 0 Å². The Morgan fingerprint density at radius 3 is 3.05 bits per heavy atom. The SMILES string of the molecule is COc1cccc(N)c1C(=O)NCCc1ncn[nH]1. The Morgan fingerprint density at radius 2 is 2.37 bits per heavy atom. The second-order valence-electron chi connectivity index (χ2n) is 3.86. The van der Waals surface area contributed by atoms with Crippen molar-refractivity contribution in [3.8, 4) is 5.75 Å². The van der Waals surface area contributed by atoms with Crippen LogP contribution in [0.15, 0.2) is 24.5 Å². The first-order chi connectivity index (χ1) is 9.22. The molecule has 0 bridgehead atoms. The summed E-state index contributed by atoms with van der Waals surface area (Å²) in [6.07, 6.45) is 2.00. The number of nitrogens with one attached hydrogen (secondary N) is 2. The number of carbonyl (C=O) groups excluding carboxylic acids is 1. The average Bonchev–Trinajstić information content (AvgIpc) is 2.91. The number of hydrogen-bond donors (Lipinski definition) is 3. The molecule has 0 spiro atoms. The van der Waals surface area contributed by atoms with Crippen molar-refractivity contribution in [2.45, 2.75) is 6.42 Å². The van der Waals surface area contributed by atoms with Gasteiger partial charge in [0, 0.05) is 18.7 Å². The summed E-state index contributed by atoms with van der Waals surface area (Å²) in [7, 11) is 1.50. The van der Waals surface area contributed by atoms with Gasteiger partial charge < -0.3 is 15.8 Å². The van der Waals surface area contributed by atoms with Gasteiger partial charge in [-0.25, -0.2) is 4.98 Å². The van der Waals surface area contributed by atoms with Crippen LogP contribution in [0.1, 0.15) is 16.2 Å². The van der Waals surface area contributed by atoms with Gasteiger partial charge in [-0.3, -0.25) is 9.89 Å². The summed E-state index contributed by atoms with van der Waals surface area (Å²) in [6, 6.07) is 5.09. The molecular formula is C12H15N5O2. The third kappa shape index (κ3) is 3.01. The van der Waals surface area contributed by atoms with Crippen LogP contribution in [0, 0.1) is 0 Å². The zero-order valence-electron chi connectivity index (χ0n) is 10.5. The van der Waals surface area contributed by atoms with Crippen LogP contribution in [-0.4, -0.2) is 34.7 Å². The van der Waals surface area contributed by atoms with Crippen molar-refractivity contribution >= 4 is 11.6 Å². The molecule has 4 N–H and O–H groups in total. The maximum absolute atomic E-state index is 12.1.